The monoisotopic (exact) mass is 263 g/mol. The highest BCUT2D eigenvalue weighted by Gasteiger charge is 2.08. The average Bonchev–Trinajstić information content (AvgIpc) is 2.40. The highest BCUT2D eigenvalue weighted by Crippen LogP contribution is 2.23. The molecule has 0 saturated heterocycles. The van der Waals surface area contributed by atoms with Crippen LogP contribution in [0.25, 0.3) is 0 Å². The molecule has 0 aliphatic rings. The molecule has 2 aromatic rings. The fourth-order valence-corrected chi connectivity index (χ4v) is 1.57. The number of carbonyl (C=O) groups excluding carboxylic acids is 1. The van der Waals surface area contributed by atoms with E-state index in [1.165, 1.54) is 6.33 Å². The van der Waals surface area contributed by atoms with Gasteiger partial charge in [0.2, 0.25) is 0 Å². The van der Waals surface area contributed by atoms with Gasteiger partial charge in [0.15, 0.2) is 6.29 Å². The fourth-order valence-electron chi connectivity index (χ4n) is 1.39. The standard InChI is InChI=1S/C12H10ClN3O2/c1-18-9-4-2-8(3-5-9)16-12-10(6-17)11(13)14-7-15-12/h2-7H,1H3,(H,14,15,16). The zero-order valence-electron chi connectivity index (χ0n) is 9.55. The largest absolute Gasteiger partial charge is 0.497 e. The lowest BCUT2D eigenvalue weighted by Crippen LogP contribution is -2.00. The van der Waals surface area contributed by atoms with Crippen LogP contribution in [-0.4, -0.2) is 23.4 Å². The minimum absolute atomic E-state index is 0.121. The number of hydrogen-bond donors (Lipinski definition) is 1. The van der Waals surface area contributed by atoms with Gasteiger partial charge in [-0.25, -0.2) is 9.97 Å². The molecule has 0 aliphatic heterocycles. The molecule has 18 heavy (non-hydrogen) atoms. The summed E-state index contributed by atoms with van der Waals surface area (Å²) in [6, 6.07) is 7.21. The maximum atomic E-state index is 10.9. The Morgan fingerprint density at radius 1 is 1.28 bits per heavy atom. The minimum atomic E-state index is 0.121. The van der Waals surface area contributed by atoms with E-state index in [9.17, 15) is 4.79 Å². The van der Waals surface area contributed by atoms with E-state index in [0.717, 1.165) is 11.4 Å². The summed E-state index contributed by atoms with van der Waals surface area (Å²) >= 11 is 5.80. The smallest absolute Gasteiger partial charge is 0.156 e. The van der Waals surface area contributed by atoms with Gasteiger partial charge >= 0.3 is 0 Å². The first-order chi connectivity index (χ1) is 8.74. The van der Waals surface area contributed by atoms with Crippen LogP contribution in [0.1, 0.15) is 10.4 Å². The lowest BCUT2D eigenvalue weighted by atomic mass is 10.3. The van der Waals surface area contributed by atoms with Crippen molar-refractivity contribution < 1.29 is 9.53 Å². The maximum absolute atomic E-state index is 10.9. The number of hydrogen-bond acceptors (Lipinski definition) is 5. The molecule has 0 amide bonds. The van der Waals surface area contributed by atoms with Gasteiger partial charge in [0, 0.05) is 5.69 Å². The summed E-state index contributed by atoms with van der Waals surface area (Å²) in [6.07, 6.45) is 1.91. The Balaban J connectivity index is 2.28. The molecule has 1 heterocycles. The third kappa shape index (κ3) is 2.57. The molecule has 1 aromatic carbocycles. The highest BCUT2D eigenvalue weighted by molar-refractivity contribution is 6.32. The number of halogens is 1. The van der Waals surface area contributed by atoms with Crippen LogP contribution >= 0.6 is 11.6 Å². The van der Waals surface area contributed by atoms with Gasteiger partial charge in [-0.05, 0) is 24.3 Å². The van der Waals surface area contributed by atoms with Crippen molar-refractivity contribution in [3.8, 4) is 5.75 Å². The summed E-state index contributed by atoms with van der Waals surface area (Å²) in [5.74, 6) is 1.12. The number of aromatic nitrogens is 2. The summed E-state index contributed by atoms with van der Waals surface area (Å²) in [7, 11) is 1.59. The molecule has 0 unspecified atom stereocenters. The number of methoxy groups -OCH3 is 1. The van der Waals surface area contributed by atoms with Crippen molar-refractivity contribution in [2.45, 2.75) is 0 Å². The van der Waals surface area contributed by atoms with E-state index in [-0.39, 0.29) is 10.7 Å². The Bertz CT molecular complexity index is 558. The number of nitrogens with zero attached hydrogens (tertiary/aromatic N) is 2. The Morgan fingerprint density at radius 2 is 2.00 bits per heavy atom. The van der Waals surface area contributed by atoms with Crippen molar-refractivity contribution in [1.82, 2.24) is 9.97 Å². The van der Waals surface area contributed by atoms with Gasteiger partial charge in [-0.2, -0.15) is 0 Å². The SMILES string of the molecule is COc1ccc(Nc2ncnc(Cl)c2C=O)cc1. The van der Waals surface area contributed by atoms with Gasteiger partial charge in [-0.3, -0.25) is 4.79 Å². The molecule has 92 valence electrons. The fraction of sp³-hybridized carbons (Fsp3) is 0.0833. The molecule has 0 radical (unpaired) electrons. The highest BCUT2D eigenvalue weighted by atomic mass is 35.5. The normalized spacial score (nSPS) is 9.89. The van der Waals surface area contributed by atoms with E-state index in [1.807, 2.05) is 12.1 Å². The van der Waals surface area contributed by atoms with E-state index in [2.05, 4.69) is 15.3 Å². The molecule has 0 atom stereocenters. The lowest BCUT2D eigenvalue weighted by Gasteiger charge is -2.08. The van der Waals surface area contributed by atoms with Crippen LogP contribution in [0.5, 0.6) is 5.75 Å². The van der Waals surface area contributed by atoms with Gasteiger partial charge in [-0.1, -0.05) is 11.6 Å². The first-order valence-corrected chi connectivity index (χ1v) is 5.49. The minimum Gasteiger partial charge on any atom is -0.497 e. The molecular weight excluding hydrogens is 254 g/mol. The number of carbonyl (C=O) groups is 1. The van der Waals surface area contributed by atoms with Crippen molar-refractivity contribution in [2.75, 3.05) is 12.4 Å². The molecule has 5 nitrogen and oxygen atoms in total. The molecule has 1 aromatic heterocycles. The van der Waals surface area contributed by atoms with Crippen LogP contribution in [0.3, 0.4) is 0 Å². The Morgan fingerprint density at radius 3 is 2.61 bits per heavy atom. The molecule has 0 fully saturated rings. The van der Waals surface area contributed by atoms with Crippen LogP contribution in [0, 0.1) is 0 Å². The van der Waals surface area contributed by atoms with Gasteiger partial charge in [0.1, 0.15) is 23.0 Å². The Labute approximate surface area is 109 Å². The number of rotatable bonds is 4. The topological polar surface area (TPSA) is 64.1 Å². The van der Waals surface area contributed by atoms with Crippen LogP contribution in [0.15, 0.2) is 30.6 Å². The maximum Gasteiger partial charge on any atom is 0.156 e. The van der Waals surface area contributed by atoms with E-state index in [0.29, 0.717) is 12.1 Å². The molecule has 6 heteroatoms. The Kier molecular flexibility index (Phi) is 3.74. The first kappa shape index (κ1) is 12.3. The van der Waals surface area contributed by atoms with E-state index >= 15 is 0 Å². The van der Waals surface area contributed by atoms with Crippen molar-refractivity contribution in [3.63, 3.8) is 0 Å². The second kappa shape index (κ2) is 5.46. The molecule has 0 aliphatic carbocycles. The van der Waals surface area contributed by atoms with Gasteiger partial charge in [0.05, 0.1) is 12.7 Å². The van der Waals surface area contributed by atoms with Gasteiger partial charge in [-0.15, -0.1) is 0 Å². The summed E-state index contributed by atoms with van der Waals surface area (Å²) in [5, 5.41) is 3.11. The van der Waals surface area contributed by atoms with Crippen LogP contribution in [0.4, 0.5) is 11.5 Å². The van der Waals surface area contributed by atoms with Crippen LogP contribution in [0.2, 0.25) is 5.15 Å². The molecule has 0 saturated carbocycles. The second-order valence-corrected chi connectivity index (χ2v) is 3.76. The number of benzene rings is 1. The van der Waals surface area contributed by atoms with E-state index in [1.54, 1.807) is 19.2 Å². The summed E-state index contributed by atoms with van der Waals surface area (Å²) in [4.78, 5) is 18.6. The van der Waals surface area contributed by atoms with Crippen molar-refractivity contribution in [2.24, 2.45) is 0 Å². The quantitative estimate of drug-likeness (QED) is 0.679. The van der Waals surface area contributed by atoms with Crippen molar-refractivity contribution >= 4 is 29.4 Å². The van der Waals surface area contributed by atoms with Gasteiger partial charge in [0.25, 0.3) is 0 Å². The molecule has 1 N–H and O–H groups in total. The van der Waals surface area contributed by atoms with Crippen LogP contribution in [-0.2, 0) is 0 Å². The second-order valence-electron chi connectivity index (χ2n) is 3.40. The summed E-state index contributed by atoms with van der Waals surface area (Å²) in [5.41, 5.74) is 1.00. The zero-order chi connectivity index (χ0) is 13.0. The lowest BCUT2D eigenvalue weighted by molar-refractivity contribution is 0.112. The average molecular weight is 264 g/mol. The number of anilines is 2. The number of aldehydes is 1. The van der Waals surface area contributed by atoms with Crippen molar-refractivity contribution in [1.29, 1.82) is 0 Å². The van der Waals surface area contributed by atoms with Crippen LogP contribution < -0.4 is 10.1 Å². The molecule has 2 rings (SSSR count). The van der Waals surface area contributed by atoms with E-state index < -0.39 is 0 Å². The summed E-state index contributed by atoms with van der Waals surface area (Å²) < 4.78 is 5.05. The van der Waals surface area contributed by atoms with Gasteiger partial charge < -0.3 is 10.1 Å². The van der Waals surface area contributed by atoms with E-state index in [4.69, 9.17) is 16.3 Å². The van der Waals surface area contributed by atoms with Crippen molar-refractivity contribution in [3.05, 3.63) is 41.3 Å². The third-order valence-corrected chi connectivity index (χ3v) is 2.61. The molecule has 0 bridgehead atoms. The third-order valence-electron chi connectivity index (χ3n) is 2.31. The molecule has 0 spiro atoms. The Hall–Kier alpha value is -2.14. The predicted molar refractivity (Wildman–Crippen MR) is 68.7 cm³/mol. The number of nitrogens with one attached hydrogen (secondary N) is 1. The number of ether oxygens (including phenoxy) is 1. The zero-order valence-corrected chi connectivity index (χ0v) is 10.3. The first-order valence-electron chi connectivity index (χ1n) is 5.11. The molecular formula is C12H10ClN3O2. The summed E-state index contributed by atoms with van der Waals surface area (Å²) in [6.45, 7) is 0. The predicted octanol–water partition coefficient (Wildman–Crippen LogP) is 2.69.